The Labute approximate surface area is 82.7 Å². The number of hydrogen-bond acceptors (Lipinski definition) is 2. The number of nitrogens with one attached hydrogen (secondary N) is 1. The van der Waals surface area contributed by atoms with Crippen molar-refractivity contribution in [1.82, 2.24) is 10.2 Å². The molecule has 0 saturated carbocycles. The minimum atomic E-state index is 0.282. The van der Waals surface area contributed by atoms with Crippen LogP contribution in [0.5, 0.6) is 0 Å². The molecule has 1 N–H and O–H groups in total. The highest BCUT2D eigenvalue weighted by Gasteiger charge is 2.38. The largest absolute Gasteiger partial charge is 0.309 e. The smallest absolute Gasteiger partial charge is 0.0304 e. The molecule has 0 bridgehead atoms. The molecule has 1 aliphatic rings. The van der Waals surface area contributed by atoms with Crippen molar-refractivity contribution in [1.29, 1.82) is 0 Å². The maximum absolute atomic E-state index is 3.62. The van der Waals surface area contributed by atoms with Gasteiger partial charge in [0.2, 0.25) is 0 Å². The number of rotatable bonds is 2. The van der Waals surface area contributed by atoms with E-state index in [2.05, 4.69) is 44.8 Å². The van der Waals surface area contributed by atoms with Gasteiger partial charge in [0.25, 0.3) is 0 Å². The quantitative estimate of drug-likeness (QED) is 0.704. The molecule has 0 aromatic carbocycles. The van der Waals surface area contributed by atoms with E-state index in [1.54, 1.807) is 0 Å². The van der Waals surface area contributed by atoms with E-state index in [0.29, 0.717) is 5.54 Å². The van der Waals surface area contributed by atoms with Crippen LogP contribution in [0.2, 0.25) is 0 Å². The molecular formula is C11H24N2. The first-order valence-corrected chi connectivity index (χ1v) is 5.43. The molecule has 0 amide bonds. The van der Waals surface area contributed by atoms with Gasteiger partial charge >= 0.3 is 0 Å². The fourth-order valence-corrected chi connectivity index (χ4v) is 2.11. The summed E-state index contributed by atoms with van der Waals surface area (Å²) in [6.45, 7) is 14.9. The lowest BCUT2D eigenvalue weighted by Gasteiger charge is -2.50. The zero-order valence-corrected chi connectivity index (χ0v) is 9.78. The molecule has 0 aliphatic carbocycles. The molecule has 0 aromatic rings. The molecule has 2 heteroatoms. The lowest BCUT2D eigenvalue weighted by atomic mass is 9.88. The normalized spacial score (nSPS) is 34.8. The van der Waals surface area contributed by atoms with Gasteiger partial charge in [-0.05, 0) is 33.7 Å². The van der Waals surface area contributed by atoms with Crippen molar-refractivity contribution < 1.29 is 0 Å². The van der Waals surface area contributed by atoms with Crippen molar-refractivity contribution >= 4 is 0 Å². The van der Waals surface area contributed by atoms with Gasteiger partial charge in [-0.1, -0.05) is 13.8 Å². The molecule has 0 aromatic heterocycles. The Kier molecular flexibility index (Phi) is 3.03. The van der Waals surface area contributed by atoms with E-state index < -0.39 is 0 Å². The molecule has 1 atom stereocenters. The van der Waals surface area contributed by atoms with Crippen LogP contribution in [-0.2, 0) is 0 Å². The van der Waals surface area contributed by atoms with Crippen LogP contribution < -0.4 is 5.32 Å². The predicted octanol–water partition coefficient (Wildman–Crippen LogP) is 1.86. The van der Waals surface area contributed by atoms with Crippen molar-refractivity contribution in [3.63, 3.8) is 0 Å². The Morgan fingerprint density at radius 3 is 2.31 bits per heavy atom. The van der Waals surface area contributed by atoms with E-state index in [1.165, 1.54) is 6.42 Å². The molecule has 1 saturated heterocycles. The molecular weight excluding hydrogens is 160 g/mol. The Morgan fingerprint density at radius 1 is 1.23 bits per heavy atom. The molecule has 1 fully saturated rings. The van der Waals surface area contributed by atoms with Crippen molar-refractivity contribution in [3.8, 4) is 0 Å². The summed E-state index contributed by atoms with van der Waals surface area (Å²) in [4.78, 5) is 2.60. The summed E-state index contributed by atoms with van der Waals surface area (Å²) >= 11 is 0. The highest BCUT2D eigenvalue weighted by molar-refractivity contribution is 4.98. The Balaban J connectivity index is 2.71. The zero-order chi connectivity index (χ0) is 10.1. The van der Waals surface area contributed by atoms with Crippen LogP contribution in [0, 0.1) is 0 Å². The van der Waals surface area contributed by atoms with Crippen LogP contribution in [0.15, 0.2) is 0 Å². The summed E-state index contributed by atoms with van der Waals surface area (Å²) in [6, 6.07) is 0. The number of piperazine rings is 1. The van der Waals surface area contributed by atoms with Gasteiger partial charge in [-0.15, -0.1) is 0 Å². The van der Waals surface area contributed by atoms with Crippen LogP contribution in [0.25, 0.3) is 0 Å². The zero-order valence-electron chi connectivity index (χ0n) is 9.78. The third-order valence-corrected chi connectivity index (χ3v) is 3.44. The van der Waals surface area contributed by atoms with Gasteiger partial charge in [0.05, 0.1) is 0 Å². The van der Waals surface area contributed by atoms with E-state index >= 15 is 0 Å². The van der Waals surface area contributed by atoms with Crippen LogP contribution in [-0.4, -0.2) is 35.6 Å². The third kappa shape index (κ3) is 2.23. The van der Waals surface area contributed by atoms with Crippen LogP contribution in [0.3, 0.4) is 0 Å². The van der Waals surface area contributed by atoms with Gasteiger partial charge in [-0.25, -0.2) is 0 Å². The van der Waals surface area contributed by atoms with Gasteiger partial charge in [0, 0.05) is 24.2 Å². The SMILES string of the molecule is CCN1CC(C)(C)NCC1(C)CC. The van der Waals surface area contributed by atoms with Crippen LogP contribution >= 0.6 is 0 Å². The van der Waals surface area contributed by atoms with Gasteiger partial charge < -0.3 is 5.32 Å². The van der Waals surface area contributed by atoms with E-state index in [4.69, 9.17) is 0 Å². The summed E-state index contributed by atoms with van der Waals surface area (Å²) < 4.78 is 0. The third-order valence-electron chi connectivity index (χ3n) is 3.44. The van der Waals surface area contributed by atoms with Gasteiger partial charge in [-0.2, -0.15) is 0 Å². The van der Waals surface area contributed by atoms with Gasteiger partial charge in [0.15, 0.2) is 0 Å². The van der Waals surface area contributed by atoms with Gasteiger partial charge in [0.1, 0.15) is 0 Å². The highest BCUT2D eigenvalue weighted by Crippen LogP contribution is 2.25. The van der Waals surface area contributed by atoms with Crippen molar-refractivity contribution in [2.24, 2.45) is 0 Å². The molecule has 1 heterocycles. The second kappa shape index (κ2) is 3.58. The number of nitrogens with zero attached hydrogens (tertiary/aromatic N) is 1. The first-order chi connectivity index (χ1) is 5.93. The molecule has 0 radical (unpaired) electrons. The lowest BCUT2D eigenvalue weighted by Crippen LogP contribution is -2.66. The maximum Gasteiger partial charge on any atom is 0.0304 e. The van der Waals surface area contributed by atoms with Crippen LogP contribution in [0.1, 0.15) is 41.0 Å². The highest BCUT2D eigenvalue weighted by atomic mass is 15.3. The van der Waals surface area contributed by atoms with Crippen molar-refractivity contribution in [2.45, 2.75) is 52.1 Å². The first-order valence-electron chi connectivity index (χ1n) is 5.43. The number of likely N-dealkylation sites (N-methyl/N-ethyl adjacent to an activating group) is 1. The molecule has 13 heavy (non-hydrogen) atoms. The Bertz CT molecular complexity index is 177. The summed E-state index contributed by atoms with van der Waals surface area (Å²) in [7, 11) is 0. The molecule has 1 aliphatic heterocycles. The minimum absolute atomic E-state index is 0.282. The second-order valence-electron chi connectivity index (χ2n) is 5.10. The van der Waals surface area contributed by atoms with E-state index in [-0.39, 0.29) is 5.54 Å². The molecule has 2 nitrogen and oxygen atoms in total. The first kappa shape index (κ1) is 11.0. The van der Waals surface area contributed by atoms with E-state index in [0.717, 1.165) is 19.6 Å². The standard InChI is InChI=1S/C11H24N2/c1-6-11(5)8-12-10(3,4)9-13(11)7-2/h12H,6-9H2,1-5H3. The summed E-state index contributed by atoms with van der Waals surface area (Å²) in [5.74, 6) is 0. The van der Waals surface area contributed by atoms with E-state index in [9.17, 15) is 0 Å². The summed E-state index contributed by atoms with van der Waals surface area (Å²) in [5, 5.41) is 3.62. The lowest BCUT2D eigenvalue weighted by molar-refractivity contribution is 0.0290. The minimum Gasteiger partial charge on any atom is -0.309 e. The molecule has 0 spiro atoms. The van der Waals surface area contributed by atoms with Crippen LogP contribution in [0.4, 0.5) is 0 Å². The Hall–Kier alpha value is -0.0800. The van der Waals surface area contributed by atoms with Crippen molar-refractivity contribution in [2.75, 3.05) is 19.6 Å². The molecule has 1 rings (SSSR count). The average molecular weight is 184 g/mol. The summed E-state index contributed by atoms with van der Waals surface area (Å²) in [5.41, 5.74) is 0.648. The average Bonchev–Trinajstić information content (AvgIpc) is 2.09. The molecule has 78 valence electrons. The molecule has 1 unspecified atom stereocenters. The van der Waals surface area contributed by atoms with Crippen molar-refractivity contribution in [3.05, 3.63) is 0 Å². The fourth-order valence-electron chi connectivity index (χ4n) is 2.11. The van der Waals surface area contributed by atoms with Gasteiger partial charge in [-0.3, -0.25) is 4.90 Å². The predicted molar refractivity (Wildman–Crippen MR) is 58.0 cm³/mol. The maximum atomic E-state index is 3.62. The monoisotopic (exact) mass is 184 g/mol. The topological polar surface area (TPSA) is 15.3 Å². The summed E-state index contributed by atoms with van der Waals surface area (Å²) in [6.07, 6.45) is 1.23. The van der Waals surface area contributed by atoms with E-state index in [1.807, 2.05) is 0 Å². The Morgan fingerprint density at radius 2 is 1.85 bits per heavy atom. The number of hydrogen-bond donors (Lipinski definition) is 1. The second-order valence-corrected chi connectivity index (χ2v) is 5.10. The fraction of sp³-hybridized carbons (Fsp3) is 1.00.